The summed E-state index contributed by atoms with van der Waals surface area (Å²) in [6.45, 7) is 9.82. The van der Waals surface area contributed by atoms with E-state index < -0.39 is 17.3 Å². The Morgan fingerprint density at radius 1 is 0.939 bits per heavy atom. The number of carbonyl (C=O) groups is 1. The van der Waals surface area contributed by atoms with Crippen molar-refractivity contribution >= 4 is 22.7 Å². The second kappa shape index (κ2) is 8.28. The first-order valence-corrected chi connectivity index (χ1v) is 10.8. The van der Waals surface area contributed by atoms with Crippen LogP contribution in [0, 0.1) is 6.92 Å². The predicted octanol–water partition coefficient (Wildman–Crippen LogP) is 5.41. The number of amides is 1. The summed E-state index contributed by atoms with van der Waals surface area (Å²) in [6.07, 6.45) is -4.68. The fourth-order valence-electron chi connectivity index (χ4n) is 3.86. The average molecular weight is 461 g/mol. The van der Waals surface area contributed by atoms with Gasteiger partial charge in [-0.25, -0.2) is 9.48 Å². The number of aromatic nitrogens is 2. The number of alkyl halides is 3. The molecule has 2 heterocycles. The Morgan fingerprint density at radius 2 is 1.58 bits per heavy atom. The molecule has 1 aliphatic rings. The largest absolute Gasteiger partial charge is 0.444 e. The van der Waals surface area contributed by atoms with Gasteiger partial charge in [0.15, 0.2) is 5.82 Å². The van der Waals surface area contributed by atoms with Crippen molar-refractivity contribution in [3.05, 3.63) is 53.7 Å². The lowest BCUT2D eigenvalue weighted by Gasteiger charge is -2.35. The Morgan fingerprint density at radius 3 is 2.21 bits per heavy atom. The van der Waals surface area contributed by atoms with Crippen LogP contribution in [0.2, 0.25) is 0 Å². The molecule has 1 fully saturated rings. The maximum atomic E-state index is 13.0. The van der Waals surface area contributed by atoms with Crippen molar-refractivity contribution in [3.8, 4) is 5.69 Å². The maximum absolute atomic E-state index is 13.0. The molecule has 1 aliphatic heterocycles. The molecule has 0 spiro atoms. The van der Waals surface area contributed by atoms with Crippen LogP contribution in [0.1, 0.15) is 32.0 Å². The van der Waals surface area contributed by atoms with Gasteiger partial charge in [-0.3, -0.25) is 0 Å². The first kappa shape index (κ1) is 22.9. The molecule has 3 aromatic rings. The van der Waals surface area contributed by atoms with Crippen molar-refractivity contribution in [1.29, 1.82) is 0 Å². The zero-order valence-corrected chi connectivity index (χ0v) is 19.1. The summed E-state index contributed by atoms with van der Waals surface area (Å²) in [5.74, 6) is 0.795. The molecule has 9 heteroatoms. The molecule has 2 aromatic carbocycles. The summed E-state index contributed by atoms with van der Waals surface area (Å²) in [6, 6.07) is 11.0. The van der Waals surface area contributed by atoms with Crippen molar-refractivity contribution in [1.82, 2.24) is 14.7 Å². The topological polar surface area (TPSA) is 50.6 Å². The van der Waals surface area contributed by atoms with Crippen LogP contribution < -0.4 is 4.90 Å². The van der Waals surface area contributed by atoms with E-state index in [0.29, 0.717) is 37.0 Å². The second-order valence-corrected chi connectivity index (χ2v) is 9.25. The number of fused-ring (bicyclic) bond motifs is 1. The quantitative estimate of drug-likeness (QED) is 0.513. The van der Waals surface area contributed by atoms with Crippen LogP contribution in [-0.4, -0.2) is 52.6 Å². The molecule has 1 saturated heterocycles. The normalized spacial score (nSPS) is 15.2. The Labute approximate surface area is 190 Å². The molecule has 6 nitrogen and oxygen atoms in total. The van der Waals surface area contributed by atoms with Gasteiger partial charge >= 0.3 is 12.3 Å². The monoisotopic (exact) mass is 460 g/mol. The van der Waals surface area contributed by atoms with Gasteiger partial charge in [0, 0.05) is 37.9 Å². The van der Waals surface area contributed by atoms with Gasteiger partial charge in [0.2, 0.25) is 0 Å². The van der Waals surface area contributed by atoms with E-state index in [2.05, 4.69) is 4.90 Å². The van der Waals surface area contributed by atoms with Gasteiger partial charge in [0.05, 0.1) is 11.3 Å². The zero-order chi connectivity index (χ0) is 24.0. The van der Waals surface area contributed by atoms with Crippen molar-refractivity contribution in [2.75, 3.05) is 31.1 Å². The van der Waals surface area contributed by atoms with Crippen LogP contribution in [0.15, 0.2) is 42.5 Å². The zero-order valence-electron chi connectivity index (χ0n) is 19.1. The molecular formula is C24H27F3N4O2. The van der Waals surface area contributed by atoms with Gasteiger partial charge in [0.1, 0.15) is 5.60 Å². The molecule has 33 heavy (non-hydrogen) atoms. The van der Waals surface area contributed by atoms with Crippen molar-refractivity contribution in [3.63, 3.8) is 0 Å². The third-order valence-electron chi connectivity index (χ3n) is 5.53. The van der Waals surface area contributed by atoms with E-state index in [-0.39, 0.29) is 6.09 Å². The van der Waals surface area contributed by atoms with Crippen LogP contribution in [0.4, 0.5) is 23.8 Å². The van der Waals surface area contributed by atoms with Gasteiger partial charge in [-0.15, -0.1) is 0 Å². The van der Waals surface area contributed by atoms with Crippen LogP contribution in [0.3, 0.4) is 0 Å². The number of ether oxygens (including phenoxy) is 1. The summed E-state index contributed by atoms with van der Waals surface area (Å²) in [7, 11) is 0. The lowest BCUT2D eigenvalue weighted by Crippen LogP contribution is -2.50. The summed E-state index contributed by atoms with van der Waals surface area (Å²) < 4.78 is 46.2. The number of hydrogen-bond acceptors (Lipinski definition) is 4. The van der Waals surface area contributed by atoms with E-state index in [0.717, 1.165) is 29.3 Å². The highest BCUT2D eigenvalue weighted by atomic mass is 19.4. The minimum Gasteiger partial charge on any atom is -0.444 e. The highest BCUT2D eigenvalue weighted by molar-refractivity contribution is 5.85. The summed E-state index contributed by atoms with van der Waals surface area (Å²) in [5.41, 5.74) is 0.494. The van der Waals surface area contributed by atoms with Gasteiger partial charge in [-0.05, 0) is 62.7 Å². The molecule has 0 unspecified atom stereocenters. The number of nitrogens with zero attached hydrogens (tertiary/aromatic N) is 4. The van der Waals surface area contributed by atoms with Crippen LogP contribution >= 0.6 is 0 Å². The highest BCUT2D eigenvalue weighted by Gasteiger charge is 2.30. The number of carbonyl (C=O) groups excluding carboxylic acids is 1. The van der Waals surface area contributed by atoms with E-state index in [1.54, 1.807) is 21.7 Å². The summed E-state index contributed by atoms with van der Waals surface area (Å²) >= 11 is 0. The van der Waals surface area contributed by atoms with E-state index in [9.17, 15) is 18.0 Å². The number of hydrogen-bond donors (Lipinski definition) is 0. The molecule has 1 aromatic heterocycles. The minimum absolute atomic E-state index is 0.311. The number of halogens is 3. The number of benzene rings is 2. The van der Waals surface area contributed by atoms with Gasteiger partial charge < -0.3 is 14.5 Å². The molecule has 1 amide bonds. The first-order chi connectivity index (χ1) is 15.4. The number of piperazine rings is 1. The lowest BCUT2D eigenvalue weighted by molar-refractivity contribution is -0.137. The smallest absolute Gasteiger partial charge is 0.416 e. The van der Waals surface area contributed by atoms with Crippen molar-refractivity contribution in [2.45, 2.75) is 39.5 Å². The lowest BCUT2D eigenvalue weighted by atomic mass is 10.1. The van der Waals surface area contributed by atoms with E-state index in [4.69, 9.17) is 9.84 Å². The molecule has 0 radical (unpaired) electrons. The SMILES string of the molecule is Cc1cc(N2CCN(C(=O)OC(C)(C)C)CC2)nn1-c1ccc2cc(C(F)(F)F)ccc2c1. The molecule has 176 valence electrons. The maximum Gasteiger partial charge on any atom is 0.416 e. The Bertz CT molecular complexity index is 1170. The van der Waals surface area contributed by atoms with E-state index in [1.165, 1.54) is 6.07 Å². The standard InChI is InChI=1S/C24H27F3N4O2/c1-16-13-21(29-9-11-30(12-10-29)22(32)33-23(2,3)4)28-31(16)20-8-6-17-14-19(24(25,26)27)7-5-18(17)15-20/h5-8,13-15H,9-12H2,1-4H3. The van der Waals surface area contributed by atoms with Crippen molar-refractivity contribution in [2.24, 2.45) is 0 Å². The third-order valence-corrected chi connectivity index (χ3v) is 5.53. The Hall–Kier alpha value is -3.23. The highest BCUT2D eigenvalue weighted by Crippen LogP contribution is 2.32. The predicted molar refractivity (Wildman–Crippen MR) is 121 cm³/mol. The first-order valence-electron chi connectivity index (χ1n) is 10.8. The molecule has 4 rings (SSSR count). The molecular weight excluding hydrogens is 433 g/mol. The van der Waals surface area contributed by atoms with Gasteiger partial charge in [-0.2, -0.15) is 18.3 Å². The van der Waals surface area contributed by atoms with Gasteiger partial charge in [-0.1, -0.05) is 12.1 Å². The Kier molecular flexibility index (Phi) is 5.76. The molecule has 0 bridgehead atoms. The average Bonchev–Trinajstić information content (AvgIpc) is 3.13. The van der Waals surface area contributed by atoms with Crippen LogP contribution in [-0.2, 0) is 10.9 Å². The molecule has 0 saturated carbocycles. The van der Waals surface area contributed by atoms with Gasteiger partial charge in [0.25, 0.3) is 0 Å². The van der Waals surface area contributed by atoms with E-state index >= 15 is 0 Å². The number of rotatable bonds is 2. The summed E-state index contributed by atoms with van der Waals surface area (Å²) in [4.78, 5) is 16.1. The van der Waals surface area contributed by atoms with E-state index in [1.807, 2.05) is 39.8 Å². The summed E-state index contributed by atoms with van der Waals surface area (Å²) in [5, 5.41) is 5.96. The number of aryl methyl sites for hydroxylation is 1. The van der Waals surface area contributed by atoms with Crippen molar-refractivity contribution < 1.29 is 22.7 Å². The second-order valence-electron chi connectivity index (χ2n) is 9.25. The molecule has 0 atom stereocenters. The fraction of sp³-hybridized carbons (Fsp3) is 0.417. The minimum atomic E-state index is -4.37. The number of anilines is 1. The molecule has 0 N–H and O–H groups in total. The molecule has 0 aliphatic carbocycles. The Balaban J connectivity index is 1.50. The van der Waals surface area contributed by atoms with Crippen LogP contribution in [0.25, 0.3) is 16.5 Å². The third kappa shape index (κ3) is 5.07. The van der Waals surface area contributed by atoms with Crippen LogP contribution in [0.5, 0.6) is 0 Å². The fourth-order valence-corrected chi connectivity index (χ4v) is 3.86.